The van der Waals surface area contributed by atoms with Crippen LogP contribution in [0.1, 0.15) is 9.67 Å². The minimum atomic E-state index is -0.422. The number of carbonyl (C=O) groups is 2. The second kappa shape index (κ2) is 5.89. The molecule has 0 spiro atoms. The molecule has 3 rings (SSSR count). The summed E-state index contributed by atoms with van der Waals surface area (Å²) < 4.78 is 14.1. The molecule has 0 aliphatic carbocycles. The van der Waals surface area contributed by atoms with Crippen LogP contribution in [-0.2, 0) is 4.79 Å². The van der Waals surface area contributed by atoms with Crippen molar-refractivity contribution in [1.29, 1.82) is 0 Å². The van der Waals surface area contributed by atoms with E-state index in [1.807, 2.05) is 0 Å². The van der Waals surface area contributed by atoms with E-state index in [2.05, 4.69) is 0 Å². The van der Waals surface area contributed by atoms with Crippen molar-refractivity contribution in [1.82, 2.24) is 9.80 Å². The van der Waals surface area contributed by atoms with Crippen LogP contribution in [0.15, 0.2) is 24.3 Å². The van der Waals surface area contributed by atoms with Gasteiger partial charge in [0.25, 0.3) is 5.91 Å². The maximum atomic E-state index is 13.3. The van der Waals surface area contributed by atoms with Gasteiger partial charge >= 0.3 is 0 Å². The van der Waals surface area contributed by atoms with Gasteiger partial charge in [0.2, 0.25) is 5.91 Å². The molecule has 1 aliphatic rings. The lowest BCUT2D eigenvalue weighted by Gasteiger charge is -2.24. The lowest BCUT2D eigenvalue weighted by Crippen LogP contribution is -2.46. The zero-order valence-corrected chi connectivity index (χ0v) is 13.8. The van der Waals surface area contributed by atoms with Crippen LogP contribution in [0.2, 0.25) is 0 Å². The van der Waals surface area contributed by atoms with Gasteiger partial charge in [0.05, 0.1) is 10.8 Å². The number of amides is 2. The highest BCUT2D eigenvalue weighted by Gasteiger charge is 2.36. The smallest absolute Gasteiger partial charge is 0.265 e. The number of halogens is 1. The number of carbonyl (C=O) groups excluding carboxylic acids is 2. The summed E-state index contributed by atoms with van der Waals surface area (Å²) in [7, 11) is 3.38. The standard InChI is InChI=1S/C15H15FN2O2S2/c1-17(2)14(19)11-7-21-8-18(11)15(20)13-6-9-5-10(16)3-4-12(9)22-13/h3-6,11H,7-8H2,1-2H3/t11-/m0/s1. The Morgan fingerprint density at radius 2 is 2.09 bits per heavy atom. The summed E-state index contributed by atoms with van der Waals surface area (Å²) in [6, 6.07) is 5.76. The number of hydrogen-bond acceptors (Lipinski definition) is 4. The fourth-order valence-corrected chi connectivity index (χ4v) is 4.55. The number of fused-ring (bicyclic) bond motifs is 1. The molecule has 116 valence electrons. The first kappa shape index (κ1) is 15.3. The maximum absolute atomic E-state index is 13.3. The number of likely N-dealkylation sites (N-methyl/N-ethyl adjacent to an activating group) is 1. The van der Waals surface area contributed by atoms with Crippen LogP contribution in [0.3, 0.4) is 0 Å². The molecule has 2 heterocycles. The molecule has 1 fully saturated rings. The Bertz CT molecular complexity index is 744. The second-order valence-electron chi connectivity index (χ2n) is 5.32. The van der Waals surface area contributed by atoms with Crippen LogP contribution in [0.4, 0.5) is 4.39 Å². The monoisotopic (exact) mass is 338 g/mol. The molecule has 22 heavy (non-hydrogen) atoms. The quantitative estimate of drug-likeness (QED) is 0.845. The maximum Gasteiger partial charge on any atom is 0.265 e. The summed E-state index contributed by atoms with van der Waals surface area (Å²) in [5.41, 5.74) is 0. The van der Waals surface area contributed by atoms with Gasteiger partial charge < -0.3 is 9.80 Å². The summed E-state index contributed by atoms with van der Waals surface area (Å²) >= 11 is 2.90. The molecule has 0 unspecified atom stereocenters. The van der Waals surface area contributed by atoms with Crippen LogP contribution in [-0.4, -0.2) is 53.4 Å². The van der Waals surface area contributed by atoms with Crippen LogP contribution in [0, 0.1) is 5.82 Å². The van der Waals surface area contributed by atoms with Gasteiger partial charge in [0.15, 0.2) is 0 Å². The molecule has 0 saturated carbocycles. The zero-order chi connectivity index (χ0) is 15.9. The molecule has 1 atom stereocenters. The van der Waals surface area contributed by atoms with Crippen molar-refractivity contribution in [3.63, 3.8) is 0 Å². The van der Waals surface area contributed by atoms with E-state index in [0.29, 0.717) is 16.5 Å². The number of nitrogens with zero attached hydrogens (tertiary/aromatic N) is 2. The highest BCUT2D eigenvalue weighted by atomic mass is 32.2. The fourth-order valence-electron chi connectivity index (χ4n) is 2.41. The highest BCUT2D eigenvalue weighted by Crippen LogP contribution is 2.30. The summed E-state index contributed by atoms with van der Waals surface area (Å²) in [4.78, 5) is 28.5. The van der Waals surface area contributed by atoms with Gasteiger partial charge in [-0.1, -0.05) is 0 Å². The van der Waals surface area contributed by atoms with Crippen LogP contribution < -0.4 is 0 Å². The molecule has 0 N–H and O–H groups in total. The largest absolute Gasteiger partial charge is 0.347 e. The van der Waals surface area contributed by atoms with Crippen molar-refractivity contribution >= 4 is 45.0 Å². The van der Waals surface area contributed by atoms with Crippen LogP contribution in [0.25, 0.3) is 10.1 Å². The Hall–Kier alpha value is -1.60. The van der Waals surface area contributed by atoms with Crippen molar-refractivity contribution in [3.05, 3.63) is 35.0 Å². The Kier molecular flexibility index (Phi) is 4.10. The van der Waals surface area contributed by atoms with Gasteiger partial charge in [0, 0.05) is 24.5 Å². The molecule has 1 aromatic carbocycles. The normalized spacial score (nSPS) is 18.0. The number of thiophene rings is 1. The Labute approximate surface area is 135 Å². The molecule has 0 bridgehead atoms. The molecule has 4 nitrogen and oxygen atoms in total. The van der Waals surface area contributed by atoms with E-state index >= 15 is 0 Å². The van der Waals surface area contributed by atoms with Gasteiger partial charge in [-0.25, -0.2) is 4.39 Å². The van der Waals surface area contributed by atoms with Gasteiger partial charge in [-0.3, -0.25) is 9.59 Å². The average molecular weight is 338 g/mol. The summed E-state index contributed by atoms with van der Waals surface area (Å²) in [5, 5.41) is 0.718. The molecular weight excluding hydrogens is 323 g/mol. The highest BCUT2D eigenvalue weighted by molar-refractivity contribution is 7.99. The van der Waals surface area contributed by atoms with Gasteiger partial charge in [-0.2, -0.15) is 0 Å². The van der Waals surface area contributed by atoms with Crippen molar-refractivity contribution in [2.75, 3.05) is 25.7 Å². The Morgan fingerprint density at radius 1 is 1.32 bits per heavy atom. The lowest BCUT2D eigenvalue weighted by atomic mass is 10.2. The first-order chi connectivity index (χ1) is 10.5. The van der Waals surface area contributed by atoms with Gasteiger partial charge in [-0.15, -0.1) is 23.1 Å². The molecule has 2 aromatic rings. The molecule has 7 heteroatoms. The van der Waals surface area contributed by atoms with E-state index in [9.17, 15) is 14.0 Å². The molecule has 1 saturated heterocycles. The predicted octanol–water partition coefficient (Wildman–Crippen LogP) is 2.64. The van der Waals surface area contributed by atoms with Crippen LogP contribution >= 0.6 is 23.1 Å². The van der Waals surface area contributed by atoms with Crippen molar-refractivity contribution < 1.29 is 14.0 Å². The van der Waals surface area contributed by atoms with E-state index in [1.165, 1.54) is 28.4 Å². The molecule has 1 aromatic heterocycles. The second-order valence-corrected chi connectivity index (χ2v) is 7.40. The third-order valence-corrected chi connectivity index (χ3v) is 5.67. The Balaban J connectivity index is 1.89. The molecule has 0 radical (unpaired) electrons. The average Bonchev–Trinajstić information content (AvgIpc) is 3.11. The van der Waals surface area contributed by atoms with E-state index in [-0.39, 0.29) is 17.6 Å². The number of benzene rings is 1. The van der Waals surface area contributed by atoms with E-state index < -0.39 is 6.04 Å². The van der Waals surface area contributed by atoms with Gasteiger partial charge in [-0.05, 0) is 29.7 Å². The van der Waals surface area contributed by atoms with Crippen molar-refractivity contribution in [2.24, 2.45) is 0 Å². The number of rotatable bonds is 2. The van der Waals surface area contributed by atoms with Crippen molar-refractivity contribution in [3.8, 4) is 0 Å². The van der Waals surface area contributed by atoms with E-state index in [4.69, 9.17) is 0 Å². The molecular formula is C15H15FN2O2S2. The first-order valence-corrected chi connectivity index (χ1v) is 8.73. The van der Waals surface area contributed by atoms with E-state index in [0.717, 1.165) is 10.1 Å². The minimum absolute atomic E-state index is 0.0643. The van der Waals surface area contributed by atoms with Crippen molar-refractivity contribution in [2.45, 2.75) is 6.04 Å². The summed E-state index contributed by atoms with van der Waals surface area (Å²) in [6.07, 6.45) is 0. The molecule has 1 aliphatic heterocycles. The zero-order valence-electron chi connectivity index (χ0n) is 12.2. The topological polar surface area (TPSA) is 40.6 Å². The summed E-state index contributed by atoms with van der Waals surface area (Å²) in [6.45, 7) is 0. The van der Waals surface area contributed by atoms with Gasteiger partial charge in [0.1, 0.15) is 11.9 Å². The lowest BCUT2D eigenvalue weighted by molar-refractivity contribution is -0.132. The Morgan fingerprint density at radius 3 is 2.82 bits per heavy atom. The summed E-state index contributed by atoms with van der Waals surface area (Å²) in [5.74, 6) is 0.576. The third-order valence-electron chi connectivity index (χ3n) is 3.56. The fraction of sp³-hybridized carbons (Fsp3) is 0.333. The van der Waals surface area contributed by atoms with Crippen LogP contribution in [0.5, 0.6) is 0 Å². The molecule has 2 amide bonds. The first-order valence-electron chi connectivity index (χ1n) is 6.76. The minimum Gasteiger partial charge on any atom is -0.347 e. The number of hydrogen-bond donors (Lipinski definition) is 0. The SMILES string of the molecule is CN(C)C(=O)[C@@H]1CSCN1C(=O)c1cc2cc(F)ccc2s1. The van der Waals surface area contributed by atoms with E-state index in [1.54, 1.807) is 42.9 Å². The number of thioether (sulfide) groups is 1. The third kappa shape index (κ3) is 2.70. The predicted molar refractivity (Wildman–Crippen MR) is 87.8 cm³/mol.